The van der Waals surface area contributed by atoms with Gasteiger partial charge in [0.15, 0.2) is 5.96 Å². The van der Waals surface area contributed by atoms with E-state index in [-0.39, 0.29) is 30.1 Å². The molecule has 0 bridgehead atoms. The van der Waals surface area contributed by atoms with Gasteiger partial charge in [-0.1, -0.05) is 22.9 Å². The molecule has 0 spiro atoms. The smallest absolute Gasteiger partial charge is 0.310 e. The van der Waals surface area contributed by atoms with Gasteiger partial charge in [0.05, 0.1) is 19.6 Å². The van der Waals surface area contributed by atoms with E-state index in [1.54, 1.807) is 0 Å². The first-order chi connectivity index (χ1) is 12.9. The van der Waals surface area contributed by atoms with Crippen molar-refractivity contribution in [1.82, 2.24) is 10.2 Å². The molecule has 7 nitrogen and oxygen atoms in total. The maximum Gasteiger partial charge on any atom is 0.310 e. The molecule has 2 unspecified atom stereocenters. The van der Waals surface area contributed by atoms with Crippen LogP contribution in [0.1, 0.15) is 20.3 Å². The highest BCUT2D eigenvalue weighted by molar-refractivity contribution is 9.10. The van der Waals surface area contributed by atoms with Crippen molar-refractivity contribution in [3.63, 3.8) is 0 Å². The van der Waals surface area contributed by atoms with E-state index >= 15 is 0 Å². The normalized spacial score (nSPS) is 19.7. The van der Waals surface area contributed by atoms with Crippen molar-refractivity contribution in [2.75, 3.05) is 38.6 Å². The Kier molecular flexibility index (Phi) is 8.09. The number of rotatable bonds is 6. The number of methoxy groups -OCH3 is 1. The lowest BCUT2D eigenvalue weighted by atomic mass is 9.99. The maximum atomic E-state index is 12.1. The van der Waals surface area contributed by atoms with Gasteiger partial charge in [-0.25, -0.2) is 0 Å². The lowest BCUT2D eigenvalue weighted by molar-refractivity contribution is -0.146. The molecular weight excluding hydrogens is 412 g/mol. The highest BCUT2D eigenvalue weighted by Gasteiger charge is 2.36. The molecule has 0 radical (unpaired) electrons. The summed E-state index contributed by atoms with van der Waals surface area (Å²) >= 11 is 3.37. The van der Waals surface area contributed by atoms with Gasteiger partial charge in [0, 0.05) is 36.2 Å². The van der Waals surface area contributed by atoms with Crippen LogP contribution < -0.4 is 10.6 Å². The van der Waals surface area contributed by atoms with E-state index in [1.165, 1.54) is 7.11 Å². The lowest BCUT2D eigenvalue weighted by Crippen LogP contribution is -2.40. The molecule has 1 aromatic rings. The van der Waals surface area contributed by atoms with Crippen LogP contribution in [0.25, 0.3) is 0 Å². The molecule has 0 saturated carbocycles. The van der Waals surface area contributed by atoms with Gasteiger partial charge >= 0.3 is 5.97 Å². The number of anilines is 1. The highest BCUT2D eigenvalue weighted by Crippen LogP contribution is 2.24. The fourth-order valence-electron chi connectivity index (χ4n) is 3.04. The van der Waals surface area contributed by atoms with E-state index in [9.17, 15) is 9.59 Å². The van der Waals surface area contributed by atoms with Crippen LogP contribution in [0.2, 0.25) is 0 Å². The second-order valence-corrected chi connectivity index (χ2v) is 7.47. The summed E-state index contributed by atoms with van der Waals surface area (Å²) in [5.74, 6) is 0.502. The fraction of sp³-hybridized carbons (Fsp3) is 0.526. The monoisotopic (exact) mass is 438 g/mol. The molecular formula is C19H27BrN4O3. The highest BCUT2D eigenvalue weighted by atomic mass is 79.9. The van der Waals surface area contributed by atoms with E-state index in [1.807, 2.05) is 38.1 Å². The van der Waals surface area contributed by atoms with Gasteiger partial charge in [-0.3, -0.25) is 14.6 Å². The Balaban J connectivity index is 1.90. The molecule has 2 N–H and O–H groups in total. The number of amides is 1. The Bertz CT molecular complexity index is 678. The molecule has 148 valence electrons. The van der Waals surface area contributed by atoms with Crippen molar-refractivity contribution in [3.05, 3.63) is 28.7 Å². The zero-order chi connectivity index (χ0) is 19.8. The number of benzene rings is 1. The first-order valence-corrected chi connectivity index (χ1v) is 9.90. The third-order valence-electron chi connectivity index (χ3n) is 4.48. The molecule has 1 saturated heterocycles. The Morgan fingerprint density at radius 1 is 1.30 bits per heavy atom. The topological polar surface area (TPSA) is 83.0 Å². The molecule has 2 atom stereocenters. The van der Waals surface area contributed by atoms with Crippen LogP contribution in [0, 0.1) is 11.8 Å². The van der Waals surface area contributed by atoms with Crippen molar-refractivity contribution in [1.29, 1.82) is 0 Å². The molecule has 1 heterocycles. The maximum absolute atomic E-state index is 12.1. The van der Waals surface area contributed by atoms with E-state index in [0.717, 1.165) is 29.2 Å². The number of aliphatic imine (C=N–C) groups is 1. The summed E-state index contributed by atoms with van der Waals surface area (Å²) in [5.41, 5.74) is 0.758. The number of carbonyl (C=O) groups is 2. The standard InChI is InChI=1S/C19H27BrN4O3/c1-4-21-19(24-11-13(2)16(12-24)18(26)27-3)22-10-9-17(25)23-15-7-5-14(20)6-8-15/h5-8,13,16H,4,9-12H2,1-3H3,(H,21,22)(H,23,25). The number of halogens is 1. The van der Waals surface area contributed by atoms with Crippen molar-refractivity contribution >= 4 is 39.5 Å². The van der Waals surface area contributed by atoms with Gasteiger partial charge < -0.3 is 20.3 Å². The summed E-state index contributed by atoms with van der Waals surface area (Å²) in [6.07, 6.45) is 0.286. The molecule has 8 heteroatoms. The predicted molar refractivity (Wildman–Crippen MR) is 110 cm³/mol. The van der Waals surface area contributed by atoms with Crippen LogP contribution in [0.15, 0.2) is 33.7 Å². The number of ether oxygens (including phenoxy) is 1. The zero-order valence-corrected chi connectivity index (χ0v) is 17.6. The zero-order valence-electron chi connectivity index (χ0n) is 16.0. The quantitative estimate of drug-likeness (QED) is 0.404. The molecule has 1 aliphatic rings. The Labute approximate surface area is 168 Å². The molecule has 0 aliphatic carbocycles. The van der Waals surface area contributed by atoms with Crippen molar-refractivity contribution < 1.29 is 14.3 Å². The van der Waals surface area contributed by atoms with Crippen LogP contribution in [0.5, 0.6) is 0 Å². The Morgan fingerprint density at radius 2 is 2.00 bits per heavy atom. The average molecular weight is 439 g/mol. The van der Waals surface area contributed by atoms with Crippen LogP contribution >= 0.6 is 15.9 Å². The van der Waals surface area contributed by atoms with Gasteiger partial charge in [0.2, 0.25) is 5.91 Å². The van der Waals surface area contributed by atoms with Crippen LogP contribution in [0.3, 0.4) is 0 Å². The number of esters is 1. The van der Waals surface area contributed by atoms with E-state index in [4.69, 9.17) is 4.74 Å². The van der Waals surface area contributed by atoms with Gasteiger partial charge in [0.1, 0.15) is 0 Å². The van der Waals surface area contributed by atoms with Gasteiger partial charge in [-0.2, -0.15) is 0 Å². The molecule has 1 amide bonds. The number of likely N-dealkylation sites (tertiary alicyclic amines) is 1. The number of hydrogen-bond donors (Lipinski definition) is 2. The van der Waals surface area contributed by atoms with Crippen LogP contribution in [0.4, 0.5) is 5.69 Å². The fourth-order valence-corrected chi connectivity index (χ4v) is 3.31. The summed E-state index contributed by atoms with van der Waals surface area (Å²) in [5, 5.41) is 6.10. The number of nitrogens with zero attached hydrogens (tertiary/aromatic N) is 2. The minimum Gasteiger partial charge on any atom is -0.469 e. The van der Waals surface area contributed by atoms with Crippen LogP contribution in [-0.2, 0) is 14.3 Å². The first kappa shape index (κ1) is 21.2. The summed E-state index contributed by atoms with van der Waals surface area (Å²) in [6.45, 7) is 6.43. The Morgan fingerprint density at radius 3 is 2.63 bits per heavy atom. The molecule has 1 aromatic carbocycles. The number of hydrogen-bond acceptors (Lipinski definition) is 4. The molecule has 0 aromatic heterocycles. The molecule has 1 fully saturated rings. The van der Waals surface area contributed by atoms with Crippen LogP contribution in [-0.4, -0.2) is 56.0 Å². The molecule has 2 rings (SSSR count). The van der Waals surface area contributed by atoms with Crippen molar-refractivity contribution in [2.24, 2.45) is 16.8 Å². The first-order valence-electron chi connectivity index (χ1n) is 9.11. The van der Waals surface area contributed by atoms with E-state index in [2.05, 4.69) is 36.5 Å². The lowest BCUT2D eigenvalue weighted by Gasteiger charge is -2.21. The summed E-state index contributed by atoms with van der Waals surface area (Å²) < 4.78 is 5.85. The van der Waals surface area contributed by atoms with Gasteiger partial charge in [-0.15, -0.1) is 0 Å². The molecule has 1 aliphatic heterocycles. The Hall–Kier alpha value is -2.09. The largest absolute Gasteiger partial charge is 0.469 e. The number of carbonyl (C=O) groups excluding carboxylic acids is 2. The number of guanidine groups is 1. The van der Waals surface area contributed by atoms with E-state index in [0.29, 0.717) is 13.1 Å². The summed E-state index contributed by atoms with van der Waals surface area (Å²) in [6, 6.07) is 7.44. The third kappa shape index (κ3) is 6.23. The van der Waals surface area contributed by atoms with Crippen molar-refractivity contribution in [3.8, 4) is 0 Å². The minimum atomic E-state index is -0.185. The van der Waals surface area contributed by atoms with Gasteiger partial charge in [0.25, 0.3) is 0 Å². The predicted octanol–water partition coefficient (Wildman–Crippen LogP) is 2.48. The molecule has 27 heavy (non-hydrogen) atoms. The number of nitrogens with one attached hydrogen (secondary N) is 2. The summed E-state index contributed by atoms with van der Waals surface area (Å²) in [4.78, 5) is 30.6. The average Bonchev–Trinajstić information content (AvgIpc) is 3.04. The SMILES string of the molecule is CCNC(=NCCC(=O)Nc1ccc(Br)cc1)N1CC(C)C(C(=O)OC)C1. The van der Waals surface area contributed by atoms with E-state index < -0.39 is 0 Å². The van der Waals surface area contributed by atoms with Crippen molar-refractivity contribution in [2.45, 2.75) is 20.3 Å². The third-order valence-corrected chi connectivity index (χ3v) is 5.01. The van der Waals surface area contributed by atoms with Gasteiger partial charge in [-0.05, 0) is 37.1 Å². The second kappa shape index (κ2) is 10.3. The second-order valence-electron chi connectivity index (χ2n) is 6.55. The summed E-state index contributed by atoms with van der Waals surface area (Å²) in [7, 11) is 1.42. The minimum absolute atomic E-state index is 0.0841.